The molecule has 0 saturated heterocycles. The second-order valence-corrected chi connectivity index (χ2v) is 3.81. The van der Waals surface area contributed by atoms with Gasteiger partial charge in [0, 0.05) is 5.56 Å². The molecule has 0 aromatic heterocycles. The van der Waals surface area contributed by atoms with Gasteiger partial charge in [0.15, 0.2) is 11.5 Å². The number of fused-ring (bicyclic) bond motifs is 1. The quantitative estimate of drug-likeness (QED) is 0.668. The Morgan fingerprint density at radius 2 is 2.14 bits per heavy atom. The van der Waals surface area contributed by atoms with E-state index < -0.39 is 5.67 Å². The predicted octanol–water partition coefficient (Wildman–Crippen LogP) is 2.93. The molecule has 14 heavy (non-hydrogen) atoms. The Labute approximate surface area is 82.9 Å². The zero-order valence-corrected chi connectivity index (χ0v) is 8.22. The zero-order valence-electron chi connectivity index (χ0n) is 8.22. The molecule has 1 atom stereocenters. The van der Waals surface area contributed by atoms with Gasteiger partial charge in [0.1, 0.15) is 0 Å². The Balaban J connectivity index is 2.46. The topological polar surface area (TPSA) is 17.1 Å². The molecule has 0 bridgehead atoms. The fraction of sp³-hybridized carbons (Fsp3) is 0.417. The van der Waals surface area contributed by atoms with Gasteiger partial charge in [-0.05, 0) is 24.8 Å². The number of carbonyl (C=O) groups excluding carboxylic acids is 1. The van der Waals surface area contributed by atoms with Crippen LogP contribution in [0.3, 0.4) is 0 Å². The van der Waals surface area contributed by atoms with E-state index in [9.17, 15) is 9.18 Å². The summed E-state index contributed by atoms with van der Waals surface area (Å²) in [6, 6.07) is 7.31. The van der Waals surface area contributed by atoms with E-state index in [1.807, 2.05) is 12.1 Å². The third kappa shape index (κ3) is 1.26. The fourth-order valence-electron chi connectivity index (χ4n) is 1.98. The monoisotopic (exact) mass is 192 g/mol. The minimum absolute atomic E-state index is 0.278. The van der Waals surface area contributed by atoms with Crippen molar-refractivity contribution in [2.45, 2.75) is 31.9 Å². The minimum atomic E-state index is -1.62. The fourth-order valence-corrected chi connectivity index (χ4v) is 1.98. The van der Waals surface area contributed by atoms with Crippen LogP contribution in [0.25, 0.3) is 0 Å². The molecule has 1 aromatic carbocycles. The van der Waals surface area contributed by atoms with Crippen LogP contribution in [0.1, 0.15) is 35.7 Å². The van der Waals surface area contributed by atoms with E-state index in [0.717, 1.165) is 5.56 Å². The summed E-state index contributed by atoms with van der Waals surface area (Å²) >= 11 is 0. The van der Waals surface area contributed by atoms with E-state index in [1.54, 1.807) is 19.1 Å². The van der Waals surface area contributed by atoms with Crippen molar-refractivity contribution in [3.05, 3.63) is 35.4 Å². The highest BCUT2D eigenvalue weighted by molar-refractivity contribution is 6.04. The van der Waals surface area contributed by atoms with Gasteiger partial charge in [-0.2, -0.15) is 0 Å². The van der Waals surface area contributed by atoms with Crippen molar-refractivity contribution in [3.63, 3.8) is 0 Å². The maximum Gasteiger partial charge on any atom is 0.200 e. The van der Waals surface area contributed by atoms with Crippen LogP contribution in [0.5, 0.6) is 0 Å². The van der Waals surface area contributed by atoms with Gasteiger partial charge in [-0.25, -0.2) is 4.39 Å². The van der Waals surface area contributed by atoms with Gasteiger partial charge in [0.05, 0.1) is 0 Å². The Kier molecular flexibility index (Phi) is 2.14. The number of carbonyl (C=O) groups is 1. The highest BCUT2D eigenvalue weighted by Crippen LogP contribution is 2.33. The van der Waals surface area contributed by atoms with Crippen LogP contribution in [-0.2, 0) is 6.42 Å². The van der Waals surface area contributed by atoms with Gasteiger partial charge in [-0.15, -0.1) is 0 Å². The zero-order chi connectivity index (χ0) is 10.2. The molecule has 1 nitrogen and oxygen atoms in total. The van der Waals surface area contributed by atoms with Crippen molar-refractivity contribution in [1.82, 2.24) is 0 Å². The highest BCUT2D eigenvalue weighted by Gasteiger charge is 2.40. The molecule has 0 aliphatic heterocycles. The number of hydrogen-bond donors (Lipinski definition) is 0. The highest BCUT2D eigenvalue weighted by atomic mass is 19.1. The lowest BCUT2D eigenvalue weighted by Gasteiger charge is -2.28. The molecule has 2 rings (SSSR count). The molecule has 0 fully saturated rings. The normalized spacial score (nSPS) is 26.0. The summed E-state index contributed by atoms with van der Waals surface area (Å²) < 4.78 is 14.0. The summed E-state index contributed by atoms with van der Waals surface area (Å²) in [5.74, 6) is -0.332. The molecule has 1 aliphatic carbocycles. The number of hydrogen-bond acceptors (Lipinski definition) is 1. The van der Waals surface area contributed by atoms with E-state index in [-0.39, 0.29) is 12.2 Å². The lowest BCUT2D eigenvalue weighted by molar-refractivity contribution is 0.0626. The summed E-state index contributed by atoms with van der Waals surface area (Å²) in [6.45, 7) is 1.73. The summed E-state index contributed by atoms with van der Waals surface area (Å²) in [7, 11) is 0. The van der Waals surface area contributed by atoms with Gasteiger partial charge < -0.3 is 0 Å². The van der Waals surface area contributed by atoms with E-state index >= 15 is 0 Å². The number of benzene rings is 1. The molecule has 0 radical (unpaired) electrons. The van der Waals surface area contributed by atoms with Gasteiger partial charge in [-0.3, -0.25) is 4.79 Å². The van der Waals surface area contributed by atoms with Crippen LogP contribution in [0.15, 0.2) is 24.3 Å². The Morgan fingerprint density at radius 1 is 1.43 bits per heavy atom. The van der Waals surface area contributed by atoms with E-state index in [1.165, 1.54) is 0 Å². The Morgan fingerprint density at radius 3 is 2.86 bits per heavy atom. The van der Waals surface area contributed by atoms with Gasteiger partial charge in [0.25, 0.3) is 0 Å². The van der Waals surface area contributed by atoms with Crippen molar-refractivity contribution in [2.75, 3.05) is 0 Å². The number of Topliss-reactive ketones (excluding diaryl/α,β-unsaturated/α-hetero) is 1. The van der Waals surface area contributed by atoms with Gasteiger partial charge in [0.2, 0.25) is 0 Å². The van der Waals surface area contributed by atoms with Crippen molar-refractivity contribution in [3.8, 4) is 0 Å². The number of halogens is 1. The van der Waals surface area contributed by atoms with Crippen LogP contribution >= 0.6 is 0 Å². The SMILES string of the molecule is CCC1(F)CCc2ccccc2C1=O. The number of alkyl halides is 1. The van der Waals surface area contributed by atoms with Crippen molar-refractivity contribution in [2.24, 2.45) is 0 Å². The maximum absolute atomic E-state index is 14.0. The van der Waals surface area contributed by atoms with Crippen LogP contribution in [-0.4, -0.2) is 11.5 Å². The second kappa shape index (κ2) is 3.19. The molecule has 1 aromatic rings. The first kappa shape index (κ1) is 9.38. The predicted molar refractivity (Wildman–Crippen MR) is 53.2 cm³/mol. The molecule has 1 aliphatic rings. The molecule has 0 N–H and O–H groups in total. The average molecular weight is 192 g/mol. The summed E-state index contributed by atoms with van der Waals surface area (Å²) in [6.07, 6.45) is 1.28. The lowest BCUT2D eigenvalue weighted by atomic mass is 9.79. The first-order valence-electron chi connectivity index (χ1n) is 4.99. The lowest BCUT2D eigenvalue weighted by Crippen LogP contribution is -2.37. The van der Waals surface area contributed by atoms with Crippen LogP contribution < -0.4 is 0 Å². The molecular weight excluding hydrogens is 179 g/mol. The molecular formula is C12H13FO. The van der Waals surface area contributed by atoms with Crippen molar-refractivity contribution >= 4 is 5.78 Å². The molecule has 0 saturated carbocycles. The van der Waals surface area contributed by atoms with Crippen LogP contribution in [0, 0.1) is 0 Å². The second-order valence-electron chi connectivity index (χ2n) is 3.81. The standard InChI is InChI=1S/C12H13FO/c1-2-12(13)8-7-9-5-3-4-6-10(9)11(12)14/h3-6H,2,7-8H2,1H3. The minimum Gasteiger partial charge on any atom is -0.291 e. The maximum atomic E-state index is 14.0. The van der Waals surface area contributed by atoms with Gasteiger partial charge >= 0.3 is 0 Å². The van der Waals surface area contributed by atoms with Crippen molar-refractivity contribution in [1.29, 1.82) is 0 Å². The molecule has 0 amide bonds. The largest absolute Gasteiger partial charge is 0.291 e. The number of ketones is 1. The smallest absolute Gasteiger partial charge is 0.200 e. The molecule has 2 heteroatoms. The van der Waals surface area contributed by atoms with E-state index in [0.29, 0.717) is 18.4 Å². The molecule has 0 heterocycles. The van der Waals surface area contributed by atoms with Crippen LogP contribution in [0.4, 0.5) is 4.39 Å². The summed E-state index contributed by atoms with van der Waals surface area (Å²) in [4.78, 5) is 11.8. The average Bonchev–Trinajstić information content (AvgIpc) is 2.24. The molecule has 0 spiro atoms. The van der Waals surface area contributed by atoms with Crippen molar-refractivity contribution < 1.29 is 9.18 Å². The van der Waals surface area contributed by atoms with E-state index in [4.69, 9.17) is 0 Å². The first-order chi connectivity index (χ1) is 6.67. The summed E-state index contributed by atoms with van der Waals surface area (Å²) in [5, 5.41) is 0. The first-order valence-corrected chi connectivity index (χ1v) is 4.99. The molecule has 74 valence electrons. The van der Waals surface area contributed by atoms with Gasteiger partial charge in [-0.1, -0.05) is 31.2 Å². The number of rotatable bonds is 1. The molecule has 1 unspecified atom stereocenters. The van der Waals surface area contributed by atoms with E-state index in [2.05, 4.69) is 0 Å². The Bertz CT molecular complexity index is 372. The third-order valence-electron chi connectivity index (χ3n) is 3.02. The summed E-state index contributed by atoms with van der Waals surface area (Å²) in [5.41, 5.74) is -0.0590. The van der Waals surface area contributed by atoms with Crippen LogP contribution in [0.2, 0.25) is 0 Å². The third-order valence-corrected chi connectivity index (χ3v) is 3.02. The Hall–Kier alpha value is -1.18. The number of aryl methyl sites for hydroxylation is 1.